The quantitative estimate of drug-likeness (QED) is 0.526. The highest BCUT2D eigenvalue weighted by Gasteiger charge is 2.21. The van der Waals surface area contributed by atoms with Crippen molar-refractivity contribution in [2.24, 2.45) is 0 Å². The van der Waals surface area contributed by atoms with Gasteiger partial charge in [-0.05, 0) is 24.3 Å². The first-order valence-corrected chi connectivity index (χ1v) is 10.5. The summed E-state index contributed by atoms with van der Waals surface area (Å²) >= 11 is 0.664. The van der Waals surface area contributed by atoms with E-state index < -0.39 is 25.8 Å². The molecule has 0 fully saturated rings. The molecule has 2 aromatic rings. The van der Waals surface area contributed by atoms with Gasteiger partial charge in [-0.15, -0.1) is 10.2 Å². The van der Waals surface area contributed by atoms with Gasteiger partial charge in [0.25, 0.3) is 14.4 Å². The zero-order valence-corrected chi connectivity index (χ0v) is 15.5. The number of nitriles is 1. The molecule has 13 heteroatoms. The molecular weight excluding hydrogens is 402 g/mol. The molecule has 0 aliphatic heterocycles. The Morgan fingerprint density at radius 3 is 2.42 bits per heavy atom. The Morgan fingerprint density at radius 2 is 1.85 bits per heavy atom. The van der Waals surface area contributed by atoms with E-state index in [0.29, 0.717) is 11.3 Å². The highest BCUT2D eigenvalue weighted by atomic mass is 32.2. The first-order chi connectivity index (χ1) is 12.1. The molecule has 10 nitrogen and oxygen atoms in total. The van der Waals surface area contributed by atoms with Gasteiger partial charge in [-0.2, -0.15) is 13.7 Å². The summed E-state index contributed by atoms with van der Waals surface area (Å²) in [6.07, 6.45) is 0.827. The Bertz CT molecular complexity index is 1100. The number of benzene rings is 1. The summed E-state index contributed by atoms with van der Waals surface area (Å²) in [7, 11) is -7.84. The van der Waals surface area contributed by atoms with Crippen molar-refractivity contribution in [1.82, 2.24) is 10.2 Å². The Hall–Kier alpha value is -2.82. The van der Waals surface area contributed by atoms with Gasteiger partial charge in [0.05, 0.1) is 11.0 Å². The Labute approximate surface area is 153 Å². The molecule has 0 saturated heterocycles. The van der Waals surface area contributed by atoms with E-state index in [1.807, 2.05) is 0 Å². The number of sulfonamides is 1. The summed E-state index contributed by atoms with van der Waals surface area (Å²) in [6, 6.07) is 6.46. The topological polar surface area (TPSA) is 159 Å². The van der Waals surface area contributed by atoms with Crippen LogP contribution in [0.15, 0.2) is 45.0 Å². The molecule has 0 bridgehead atoms. The fourth-order valence-corrected chi connectivity index (χ4v) is 4.55. The van der Waals surface area contributed by atoms with Crippen LogP contribution in [-0.4, -0.2) is 32.9 Å². The molecule has 0 radical (unpaired) electrons. The van der Waals surface area contributed by atoms with E-state index >= 15 is 0 Å². The predicted octanol–water partition coefficient (Wildman–Crippen LogP) is 1.11. The number of nitrogens with zero attached hydrogens (tertiary/aromatic N) is 3. The predicted molar refractivity (Wildman–Crippen MR) is 93.4 cm³/mol. The van der Waals surface area contributed by atoms with E-state index in [1.54, 1.807) is 6.07 Å². The smallest absolute Gasteiger partial charge is 0.291 e. The second kappa shape index (κ2) is 7.60. The molecule has 1 aromatic carbocycles. The molecule has 2 rings (SSSR count). The van der Waals surface area contributed by atoms with Crippen LogP contribution in [0.5, 0.6) is 0 Å². The fraction of sp³-hybridized carbons (Fsp3) is 0.0769. The number of hydrogen-bond donors (Lipinski definition) is 2. The molecular formula is C13H11N5O5S3. The lowest BCUT2D eigenvalue weighted by Gasteiger charge is -2.06. The molecule has 26 heavy (non-hydrogen) atoms. The summed E-state index contributed by atoms with van der Waals surface area (Å²) in [5.41, 5.74) is 0.101. The number of rotatable bonds is 6. The van der Waals surface area contributed by atoms with Gasteiger partial charge in [0.2, 0.25) is 20.9 Å². The zero-order valence-electron chi connectivity index (χ0n) is 13.1. The van der Waals surface area contributed by atoms with Crippen LogP contribution in [0.25, 0.3) is 0 Å². The Kier molecular flexibility index (Phi) is 5.70. The number of aromatic nitrogens is 2. The second-order valence-corrected chi connectivity index (χ2v) is 9.33. The normalized spacial score (nSPS) is 11.8. The average molecular weight is 413 g/mol. The Balaban J connectivity index is 2.20. The minimum Gasteiger partial charge on any atom is -0.301 e. The van der Waals surface area contributed by atoms with Gasteiger partial charge in [-0.3, -0.25) is 9.52 Å². The van der Waals surface area contributed by atoms with E-state index in [2.05, 4.69) is 20.2 Å². The van der Waals surface area contributed by atoms with Gasteiger partial charge < -0.3 is 5.32 Å². The molecule has 2 N–H and O–H groups in total. The van der Waals surface area contributed by atoms with E-state index in [4.69, 9.17) is 5.26 Å². The molecule has 1 aromatic heterocycles. The minimum absolute atomic E-state index is 0.0311. The van der Waals surface area contributed by atoms with Gasteiger partial charge in [-0.25, -0.2) is 8.42 Å². The lowest BCUT2D eigenvalue weighted by Crippen LogP contribution is -2.12. The van der Waals surface area contributed by atoms with E-state index in [0.717, 1.165) is 11.5 Å². The van der Waals surface area contributed by atoms with Crippen LogP contribution >= 0.6 is 11.3 Å². The number of carbonyl (C=O) groups is 1. The SMILES string of the molecule is CC(=O)Nc1nnc(S(=O)(=O)Nc2ccc(S(=O)(=O)C=CC#N)cc2)s1. The van der Waals surface area contributed by atoms with Gasteiger partial charge in [0.15, 0.2) is 0 Å². The molecule has 0 spiro atoms. The lowest BCUT2D eigenvalue weighted by molar-refractivity contribution is -0.114. The number of allylic oxidation sites excluding steroid dienone is 1. The van der Waals surface area contributed by atoms with Gasteiger partial charge in [0.1, 0.15) is 0 Å². The van der Waals surface area contributed by atoms with Crippen molar-refractivity contribution in [2.75, 3.05) is 10.0 Å². The number of anilines is 2. The maximum absolute atomic E-state index is 12.2. The van der Waals surface area contributed by atoms with Crippen molar-refractivity contribution in [1.29, 1.82) is 5.26 Å². The van der Waals surface area contributed by atoms with E-state index in [1.165, 1.54) is 31.2 Å². The average Bonchev–Trinajstić information content (AvgIpc) is 3.02. The molecule has 1 amide bonds. The van der Waals surface area contributed by atoms with Gasteiger partial charge in [0, 0.05) is 24.1 Å². The summed E-state index contributed by atoms with van der Waals surface area (Å²) in [4.78, 5) is 10.8. The third-order valence-electron chi connectivity index (χ3n) is 2.68. The number of carbonyl (C=O) groups excluding carboxylic acids is 1. The monoisotopic (exact) mass is 413 g/mol. The standard InChI is InChI=1S/C13H11N5O5S3/c1-9(19)15-12-16-17-13(24-12)26(22,23)18-10-3-5-11(6-4-10)25(20,21)8-2-7-14/h2-6,8,18H,1H3,(H,15,16,19). The third kappa shape index (κ3) is 4.85. The molecule has 0 aliphatic carbocycles. The van der Waals surface area contributed by atoms with Crippen LogP contribution in [0.2, 0.25) is 0 Å². The van der Waals surface area contributed by atoms with Crippen LogP contribution in [0.4, 0.5) is 10.8 Å². The number of sulfone groups is 1. The first-order valence-electron chi connectivity index (χ1n) is 6.69. The van der Waals surface area contributed by atoms with Crippen molar-refractivity contribution in [2.45, 2.75) is 16.2 Å². The molecule has 0 unspecified atom stereocenters. The highest BCUT2D eigenvalue weighted by molar-refractivity contribution is 7.94. The van der Waals surface area contributed by atoms with E-state index in [-0.39, 0.29) is 20.1 Å². The summed E-state index contributed by atoms with van der Waals surface area (Å²) in [5.74, 6) is -0.416. The van der Waals surface area contributed by atoms with Crippen LogP contribution in [0.1, 0.15) is 6.92 Å². The number of hydrogen-bond acceptors (Lipinski definition) is 9. The lowest BCUT2D eigenvalue weighted by atomic mass is 10.3. The van der Waals surface area contributed by atoms with Crippen LogP contribution in [-0.2, 0) is 24.7 Å². The van der Waals surface area contributed by atoms with Crippen LogP contribution in [0, 0.1) is 11.3 Å². The minimum atomic E-state index is -4.05. The number of nitrogens with one attached hydrogen (secondary N) is 2. The summed E-state index contributed by atoms with van der Waals surface area (Å²) in [6.45, 7) is 1.25. The molecule has 0 aliphatic rings. The van der Waals surface area contributed by atoms with E-state index in [9.17, 15) is 21.6 Å². The van der Waals surface area contributed by atoms with Gasteiger partial charge >= 0.3 is 0 Å². The van der Waals surface area contributed by atoms with Crippen molar-refractivity contribution >= 4 is 47.9 Å². The van der Waals surface area contributed by atoms with Crippen LogP contribution < -0.4 is 10.0 Å². The summed E-state index contributed by atoms with van der Waals surface area (Å²) in [5, 5.41) is 18.5. The largest absolute Gasteiger partial charge is 0.301 e. The first kappa shape index (κ1) is 19.5. The molecule has 0 saturated carbocycles. The van der Waals surface area contributed by atoms with Crippen molar-refractivity contribution < 1.29 is 21.6 Å². The second-order valence-electron chi connectivity index (χ2n) is 4.66. The third-order valence-corrected chi connectivity index (χ3v) is 6.69. The maximum Gasteiger partial charge on any atom is 0.291 e. The maximum atomic E-state index is 12.2. The Morgan fingerprint density at radius 1 is 1.19 bits per heavy atom. The zero-order chi connectivity index (χ0) is 19.4. The summed E-state index contributed by atoms with van der Waals surface area (Å²) < 4.78 is 50.1. The fourth-order valence-electron chi connectivity index (χ4n) is 1.63. The number of amides is 1. The van der Waals surface area contributed by atoms with Crippen molar-refractivity contribution in [3.63, 3.8) is 0 Å². The van der Waals surface area contributed by atoms with Gasteiger partial charge in [-0.1, -0.05) is 11.3 Å². The molecule has 136 valence electrons. The molecule has 0 atom stereocenters. The van der Waals surface area contributed by atoms with Crippen LogP contribution in [0.3, 0.4) is 0 Å². The highest BCUT2D eigenvalue weighted by Crippen LogP contribution is 2.23. The molecule has 1 heterocycles. The van der Waals surface area contributed by atoms with Crippen molar-refractivity contribution in [3.8, 4) is 6.07 Å². The van der Waals surface area contributed by atoms with Crippen molar-refractivity contribution in [3.05, 3.63) is 35.7 Å².